The number of benzene rings is 1. The highest BCUT2D eigenvalue weighted by Crippen LogP contribution is 2.27. The first kappa shape index (κ1) is 18.3. The van der Waals surface area contributed by atoms with Gasteiger partial charge in [0.1, 0.15) is 12.3 Å². The molecule has 0 radical (unpaired) electrons. The average molecular weight is 403 g/mol. The summed E-state index contributed by atoms with van der Waals surface area (Å²) in [5, 5.41) is 0.626. The number of ether oxygens (including phenoxy) is 2. The molecule has 1 aromatic carbocycles. The van der Waals surface area contributed by atoms with Crippen molar-refractivity contribution < 1.29 is 14.3 Å². The van der Waals surface area contributed by atoms with Gasteiger partial charge in [0.2, 0.25) is 0 Å². The van der Waals surface area contributed by atoms with Gasteiger partial charge in [0.15, 0.2) is 0 Å². The number of thioether (sulfide) groups is 1. The van der Waals surface area contributed by atoms with Crippen molar-refractivity contribution in [1.82, 2.24) is 9.38 Å². The van der Waals surface area contributed by atoms with Crippen molar-refractivity contribution in [2.75, 3.05) is 12.4 Å². The maximum Gasteiger partial charge on any atom is 0.339 e. The second kappa shape index (κ2) is 8.33. The lowest BCUT2D eigenvalue weighted by molar-refractivity contribution is 0.0464. The van der Waals surface area contributed by atoms with Gasteiger partial charge in [0, 0.05) is 29.6 Å². The molecule has 0 bridgehead atoms. The summed E-state index contributed by atoms with van der Waals surface area (Å²) in [4.78, 5) is 17.9. The monoisotopic (exact) mass is 402 g/mol. The molecule has 1 fully saturated rings. The predicted molar refractivity (Wildman–Crippen MR) is 105 cm³/mol. The number of pyridine rings is 1. The zero-order valence-corrected chi connectivity index (χ0v) is 16.2. The number of esters is 1. The second-order valence-corrected chi connectivity index (χ2v) is 7.86. The fourth-order valence-electron chi connectivity index (χ4n) is 3.02. The van der Waals surface area contributed by atoms with Gasteiger partial charge in [-0.05, 0) is 37.1 Å². The van der Waals surface area contributed by atoms with Crippen molar-refractivity contribution in [3.8, 4) is 0 Å². The third-order valence-electron chi connectivity index (χ3n) is 4.37. The van der Waals surface area contributed by atoms with Gasteiger partial charge in [-0.3, -0.25) is 0 Å². The maximum absolute atomic E-state index is 12.6. The Bertz CT molecular complexity index is 953. The molecule has 1 aliphatic rings. The highest BCUT2D eigenvalue weighted by molar-refractivity contribution is 7.99. The quantitative estimate of drug-likeness (QED) is 0.445. The molecule has 3 heterocycles. The molecule has 1 aliphatic heterocycles. The first-order chi connectivity index (χ1) is 13.2. The Balaban J connectivity index is 1.41. The lowest BCUT2D eigenvalue weighted by atomic mass is 10.2. The van der Waals surface area contributed by atoms with E-state index in [1.807, 2.05) is 34.9 Å². The van der Waals surface area contributed by atoms with Crippen LogP contribution in [0.25, 0.3) is 5.65 Å². The largest absolute Gasteiger partial charge is 0.455 e. The average Bonchev–Trinajstić information content (AvgIpc) is 3.33. The van der Waals surface area contributed by atoms with Crippen LogP contribution in [0.2, 0.25) is 5.02 Å². The lowest BCUT2D eigenvalue weighted by Gasteiger charge is -2.11. The summed E-state index contributed by atoms with van der Waals surface area (Å²) in [6.07, 6.45) is 6.04. The van der Waals surface area contributed by atoms with E-state index in [1.165, 1.54) is 0 Å². The minimum Gasteiger partial charge on any atom is -0.455 e. The van der Waals surface area contributed by atoms with Gasteiger partial charge in [-0.15, -0.1) is 11.8 Å². The normalized spacial score (nSPS) is 16.7. The summed E-state index contributed by atoms with van der Waals surface area (Å²) in [6, 6.07) is 11.1. The number of nitrogens with zero attached hydrogens (tertiary/aromatic N) is 2. The standard InChI is InChI=1S/C20H19ClN2O3S/c21-14-7-8-19-22-15(11-23(19)10-14)12-26-20(24)17-5-1-2-6-18(17)27-13-16-4-3-9-25-16/h1-2,5-8,10-11,16H,3-4,9,12-13H2/t16-/m1/s1. The number of imidazole rings is 1. The molecule has 140 valence electrons. The smallest absolute Gasteiger partial charge is 0.339 e. The van der Waals surface area contributed by atoms with Gasteiger partial charge in [-0.25, -0.2) is 9.78 Å². The molecule has 0 unspecified atom stereocenters. The number of carbonyl (C=O) groups is 1. The van der Waals surface area contributed by atoms with E-state index in [2.05, 4.69) is 4.98 Å². The third-order valence-corrected chi connectivity index (χ3v) is 5.80. The van der Waals surface area contributed by atoms with E-state index in [0.29, 0.717) is 16.3 Å². The SMILES string of the molecule is O=C(OCc1cn2cc(Cl)ccc2n1)c1ccccc1SC[C@H]1CCCO1. The molecule has 5 nitrogen and oxygen atoms in total. The summed E-state index contributed by atoms with van der Waals surface area (Å²) < 4.78 is 13.0. The summed E-state index contributed by atoms with van der Waals surface area (Å²) >= 11 is 7.62. The Labute approximate surface area is 166 Å². The molecule has 0 spiro atoms. The molecular formula is C20H19ClN2O3S. The van der Waals surface area contributed by atoms with Crippen LogP contribution in [0.15, 0.2) is 53.7 Å². The number of hydrogen-bond acceptors (Lipinski definition) is 5. The lowest BCUT2D eigenvalue weighted by Crippen LogP contribution is -2.10. The zero-order valence-electron chi connectivity index (χ0n) is 14.6. The van der Waals surface area contributed by atoms with Crippen molar-refractivity contribution in [1.29, 1.82) is 0 Å². The van der Waals surface area contributed by atoms with Gasteiger partial charge < -0.3 is 13.9 Å². The Morgan fingerprint density at radius 3 is 3.04 bits per heavy atom. The molecule has 0 saturated carbocycles. The van der Waals surface area contributed by atoms with Crippen LogP contribution < -0.4 is 0 Å². The van der Waals surface area contributed by atoms with Gasteiger partial charge in [0.25, 0.3) is 0 Å². The molecule has 0 amide bonds. The topological polar surface area (TPSA) is 52.8 Å². The number of halogens is 1. The van der Waals surface area contributed by atoms with E-state index in [4.69, 9.17) is 21.1 Å². The van der Waals surface area contributed by atoms with Gasteiger partial charge in [0.05, 0.1) is 22.4 Å². The molecule has 27 heavy (non-hydrogen) atoms. The maximum atomic E-state index is 12.6. The first-order valence-electron chi connectivity index (χ1n) is 8.83. The summed E-state index contributed by atoms with van der Waals surface area (Å²) in [7, 11) is 0. The first-order valence-corrected chi connectivity index (χ1v) is 10.2. The van der Waals surface area contributed by atoms with Gasteiger partial charge in [-0.1, -0.05) is 23.7 Å². The molecule has 0 N–H and O–H groups in total. The molecule has 1 atom stereocenters. The van der Waals surface area contributed by atoms with Crippen LogP contribution in [0.1, 0.15) is 28.9 Å². The van der Waals surface area contributed by atoms with Crippen molar-refractivity contribution in [2.45, 2.75) is 30.4 Å². The molecular weight excluding hydrogens is 384 g/mol. The Kier molecular flexibility index (Phi) is 5.66. The molecule has 1 saturated heterocycles. The summed E-state index contributed by atoms with van der Waals surface area (Å²) in [5.41, 5.74) is 2.01. The van der Waals surface area contributed by atoms with Crippen LogP contribution in [0.3, 0.4) is 0 Å². The van der Waals surface area contributed by atoms with Crippen molar-refractivity contribution in [2.24, 2.45) is 0 Å². The minimum absolute atomic E-state index is 0.114. The van der Waals surface area contributed by atoms with Crippen molar-refractivity contribution in [3.05, 3.63) is 65.1 Å². The van der Waals surface area contributed by atoms with E-state index in [1.54, 1.807) is 30.1 Å². The second-order valence-electron chi connectivity index (χ2n) is 6.36. The number of rotatable bonds is 6. The molecule has 2 aromatic heterocycles. The number of aromatic nitrogens is 2. The highest BCUT2D eigenvalue weighted by atomic mass is 35.5. The summed E-state index contributed by atoms with van der Waals surface area (Å²) in [6.45, 7) is 0.946. The fraction of sp³-hybridized carbons (Fsp3) is 0.300. The van der Waals surface area contributed by atoms with Gasteiger partial charge in [-0.2, -0.15) is 0 Å². The number of fused-ring (bicyclic) bond motifs is 1. The summed E-state index contributed by atoms with van der Waals surface area (Å²) in [5.74, 6) is 0.498. The Hall–Kier alpha value is -2.02. The fourth-order valence-corrected chi connectivity index (χ4v) is 4.30. The van der Waals surface area contributed by atoms with Crippen LogP contribution in [-0.2, 0) is 16.1 Å². The molecule has 7 heteroatoms. The van der Waals surface area contributed by atoms with Crippen molar-refractivity contribution >= 4 is 35.0 Å². The minimum atomic E-state index is -0.347. The molecule has 0 aliphatic carbocycles. The van der Waals surface area contributed by atoms with Crippen LogP contribution in [-0.4, -0.2) is 33.8 Å². The van der Waals surface area contributed by atoms with E-state index in [0.717, 1.165) is 35.7 Å². The highest BCUT2D eigenvalue weighted by Gasteiger charge is 2.18. The van der Waals surface area contributed by atoms with E-state index >= 15 is 0 Å². The zero-order chi connectivity index (χ0) is 18.6. The van der Waals surface area contributed by atoms with Crippen LogP contribution in [0.4, 0.5) is 0 Å². The number of hydrogen-bond donors (Lipinski definition) is 0. The van der Waals surface area contributed by atoms with E-state index < -0.39 is 0 Å². The number of carbonyl (C=O) groups excluding carboxylic acids is 1. The Morgan fingerprint density at radius 2 is 2.19 bits per heavy atom. The van der Waals surface area contributed by atoms with Crippen LogP contribution in [0, 0.1) is 0 Å². The predicted octanol–water partition coefficient (Wildman–Crippen LogP) is 4.62. The van der Waals surface area contributed by atoms with E-state index in [9.17, 15) is 4.79 Å². The molecule has 3 aromatic rings. The van der Waals surface area contributed by atoms with Crippen LogP contribution >= 0.6 is 23.4 Å². The van der Waals surface area contributed by atoms with E-state index in [-0.39, 0.29) is 18.7 Å². The third kappa shape index (κ3) is 4.46. The Morgan fingerprint density at radius 1 is 1.30 bits per heavy atom. The van der Waals surface area contributed by atoms with Gasteiger partial charge >= 0.3 is 5.97 Å². The van der Waals surface area contributed by atoms with Crippen LogP contribution in [0.5, 0.6) is 0 Å². The van der Waals surface area contributed by atoms with Crippen molar-refractivity contribution in [3.63, 3.8) is 0 Å². The molecule has 4 rings (SSSR count).